The zero-order valence-electron chi connectivity index (χ0n) is 13.2. The molecule has 0 saturated heterocycles. The molecule has 2 heterocycles. The van der Waals surface area contributed by atoms with Crippen LogP contribution in [0.25, 0.3) is 11.6 Å². The fraction of sp³-hybridized carbons (Fsp3) is 0.133. The van der Waals surface area contributed by atoms with Crippen LogP contribution < -0.4 is 10.5 Å². The summed E-state index contributed by atoms with van der Waals surface area (Å²) in [6.07, 6.45) is 2.79. The molecule has 3 rings (SSSR count). The van der Waals surface area contributed by atoms with Gasteiger partial charge >= 0.3 is 0 Å². The maximum atomic E-state index is 12.1. The predicted octanol–water partition coefficient (Wildman–Crippen LogP) is 0.746. The summed E-state index contributed by atoms with van der Waals surface area (Å²) in [4.78, 5) is 24.8. The molecule has 1 amide bonds. The van der Waals surface area contributed by atoms with Gasteiger partial charge in [0.25, 0.3) is 5.91 Å². The molecule has 0 aliphatic rings. The molecule has 2 aromatic heterocycles. The standard InChI is InChI=1S/C15H14N6O3S/c1-9-20-14(21-24-9)13-17-7-11(8-18-13)15(22)19-6-10-2-4-12(5-3-10)25(16)23/h2-5,7-8H,6,16H2,1H3,(H,19,22). The number of hydrogen-bond donors (Lipinski definition) is 2. The normalized spacial score (nSPS) is 11.9. The summed E-state index contributed by atoms with van der Waals surface area (Å²) in [7, 11) is -1.52. The van der Waals surface area contributed by atoms with Crippen LogP contribution in [0.1, 0.15) is 21.8 Å². The third kappa shape index (κ3) is 4.11. The van der Waals surface area contributed by atoms with Crippen molar-refractivity contribution >= 4 is 16.9 Å². The van der Waals surface area contributed by atoms with Gasteiger partial charge in [0.1, 0.15) is 11.0 Å². The fourth-order valence-corrected chi connectivity index (χ4v) is 2.38. The van der Waals surface area contributed by atoms with Gasteiger partial charge in [-0.15, -0.1) is 0 Å². The summed E-state index contributed by atoms with van der Waals surface area (Å²) in [6.45, 7) is 1.97. The number of nitrogens with two attached hydrogens (primary N) is 1. The van der Waals surface area contributed by atoms with Crippen LogP contribution >= 0.6 is 0 Å². The number of benzene rings is 1. The molecule has 0 aliphatic heterocycles. The number of amides is 1. The van der Waals surface area contributed by atoms with Crippen LogP contribution in [0.15, 0.2) is 46.1 Å². The minimum atomic E-state index is -1.52. The highest BCUT2D eigenvalue weighted by Crippen LogP contribution is 2.10. The van der Waals surface area contributed by atoms with Gasteiger partial charge in [0.2, 0.25) is 17.5 Å². The van der Waals surface area contributed by atoms with Crippen molar-refractivity contribution in [3.63, 3.8) is 0 Å². The van der Waals surface area contributed by atoms with Crippen molar-refractivity contribution in [2.45, 2.75) is 18.4 Å². The van der Waals surface area contributed by atoms with Crippen molar-refractivity contribution in [2.24, 2.45) is 5.14 Å². The number of nitrogens with one attached hydrogen (secondary N) is 1. The molecule has 128 valence electrons. The summed E-state index contributed by atoms with van der Waals surface area (Å²) in [5.41, 5.74) is 1.16. The van der Waals surface area contributed by atoms with Gasteiger partial charge in [0.05, 0.1) is 10.5 Å². The van der Waals surface area contributed by atoms with Gasteiger partial charge in [0.15, 0.2) is 0 Å². The summed E-state index contributed by atoms with van der Waals surface area (Å²) in [5, 5.41) is 11.8. The van der Waals surface area contributed by atoms with Gasteiger partial charge in [-0.25, -0.2) is 19.3 Å². The molecule has 0 radical (unpaired) electrons. The lowest BCUT2D eigenvalue weighted by molar-refractivity contribution is 0.0950. The molecule has 1 aromatic carbocycles. The number of aromatic nitrogens is 4. The minimum absolute atomic E-state index is 0.266. The Hall–Kier alpha value is -2.98. The predicted molar refractivity (Wildman–Crippen MR) is 88.3 cm³/mol. The van der Waals surface area contributed by atoms with Gasteiger partial charge in [-0.1, -0.05) is 17.3 Å². The van der Waals surface area contributed by atoms with Gasteiger partial charge in [-0.3, -0.25) is 4.79 Å². The molecule has 3 aromatic rings. The van der Waals surface area contributed by atoms with Crippen molar-refractivity contribution in [2.75, 3.05) is 0 Å². The molecule has 9 nitrogen and oxygen atoms in total. The van der Waals surface area contributed by atoms with Crippen molar-refractivity contribution in [3.8, 4) is 11.6 Å². The Bertz CT molecular complexity index is 908. The second-order valence-corrected chi connectivity index (χ2v) is 6.12. The monoisotopic (exact) mass is 358 g/mol. The van der Waals surface area contributed by atoms with Gasteiger partial charge in [0, 0.05) is 25.9 Å². The van der Waals surface area contributed by atoms with Crippen LogP contribution in [-0.4, -0.2) is 30.2 Å². The van der Waals surface area contributed by atoms with E-state index in [4.69, 9.17) is 9.66 Å². The Balaban J connectivity index is 1.62. The molecule has 0 saturated carbocycles. The average molecular weight is 358 g/mol. The van der Waals surface area contributed by atoms with E-state index in [0.717, 1.165) is 5.56 Å². The van der Waals surface area contributed by atoms with Gasteiger partial charge < -0.3 is 9.84 Å². The lowest BCUT2D eigenvalue weighted by Crippen LogP contribution is -2.23. The van der Waals surface area contributed by atoms with E-state index in [9.17, 15) is 9.00 Å². The summed E-state index contributed by atoms with van der Waals surface area (Å²) in [6, 6.07) is 6.81. The molecule has 1 unspecified atom stereocenters. The second kappa shape index (κ2) is 7.28. The highest BCUT2D eigenvalue weighted by atomic mass is 32.2. The Morgan fingerprint density at radius 1 is 1.20 bits per heavy atom. The molecule has 1 atom stereocenters. The zero-order valence-corrected chi connectivity index (χ0v) is 14.0. The Morgan fingerprint density at radius 2 is 1.88 bits per heavy atom. The molecule has 10 heteroatoms. The molecule has 25 heavy (non-hydrogen) atoms. The van der Waals surface area contributed by atoms with Crippen molar-refractivity contribution < 1.29 is 13.5 Å². The number of aryl methyl sites for hydroxylation is 1. The first-order valence-electron chi connectivity index (χ1n) is 7.19. The van der Waals surface area contributed by atoms with E-state index in [1.807, 2.05) is 0 Å². The molecule has 0 bridgehead atoms. The third-order valence-corrected chi connectivity index (χ3v) is 3.99. The van der Waals surface area contributed by atoms with Crippen LogP contribution in [0.2, 0.25) is 0 Å². The van der Waals surface area contributed by atoms with E-state index in [-0.39, 0.29) is 17.6 Å². The smallest absolute Gasteiger partial charge is 0.254 e. The minimum Gasteiger partial charge on any atom is -0.348 e. The molecular formula is C15H14N6O3S. The Kier molecular flexibility index (Phi) is 4.91. The summed E-state index contributed by atoms with van der Waals surface area (Å²) < 4.78 is 16.0. The van der Waals surface area contributed by atoms with Gasteiger partial charge in [-0.05, 0) is 17.7 Å². The quantitative estimate of drug-likeness (QED) is 0.686. The van der Waals surface area contributed by atoms with Crippen LogP contribution in [0.3, 0.4) is 0 Å². The van der Waals surface area contributed by atoms with Gasteiger partial charge in [-0.2, -0.15) is 4.98 Å². The average Bonchev–Trinajstić information content (AvgIpc) is 3.06. The van der Waals surface area contributed by atoms with E-state index >= 15 is 0 Å². The maximum absolute atomic E-state index is 12.1. The van der Waals surface area contributed by atoms with Crippen molar-refractivity contribution in [1.29, 1.82) is 0 Å². The third-order valence-electron chi connectivity index (χ3n) is 3.25. The first kappa shape index (κ1) is 16.9. The lowest BCUT2D eigenvalue weighted by Gasteiger charge is -2.06. The number of hydrogen-bond acceptors (Lipinski definition) is 7. The SMILES string of the molecule is Cc1nc(-c2ncc(C(=O)NCc3ccc(S(N)=O)cc3)cn2)no1. The first-order chi connectivity index (χ1) is 12.0. The van der Waals surface area contributed by atoms with E-state index in [1.54, 1.807) is 31.2 Å². The van der Waals surface area contributed by atoms with Crippen LogP contribution in [-0.2, 0) is 17.5 Å². The van der Waals surface area contributed by atoms with E-state index in [0.29, 0.717) is 22.9 Å². The maximum Gasteiger partial charge on any atom is 0.254 e. The topological polar surface area (TPSA) is 137 Å². The highest BCUT2D eigenvalue weighted by molar-refractivity contribution is 7.82. The Morgan fingerprint density at radius 3 is 2.44 bits per heavy atom. The number of rotatable bonds is 5. The van der Waals surface area contributed by atoms with E-state index in [1.165, 1.54) is 12.4 Å². The number of carbonyl (C=O) groups excluding carboxylic acids is 1. The Labute approximate surface area is 145 Å². The zero-order chi connectivity index (χ0) is 17.8. The summed E-state index contributed by atoms with van der Waals surface area (Å²) >= 11 is 0. The van der Waals surface area contributed by atoms with E-state index < -0.39 is 11.0 Å². The van der Waals surface area contributed by atoms with Crippen molar-refractivity contribution in [3.05, 3.63) is 53.7 Å². The molecular weight excluding hydrogens is 344 g/mol. The van der Waals surface area contributed by atoms with E-state index in [2.05, 4.69) is 25.4 Å². The molecule has 0 spiro atoms. The lowest BCUT2D eigenvalue weighted by atomic mass is 10.2. The summed E-state index contributed by atoms with van der Waals surface area (Å²) in [5.74, 6) is 0.632. The van der Waals surface area contributed by atoms with Crippen LogP contribution in [0.5, 0.6) is 0 Å². The number of carbonyl (C=O) groups is 1. The first-order valence-corrected chi connectivity index (χ1v) is 8.40. The molecule has 0 aliphatic carbocycles. The highest BCUT2D eigenvalue weighted by Gasteiger charge is 2.11. The van der Waals surface area contributed by atoms with Crippen LogP contribution in [0.4, 0.5) is 0 Å². The largest absolute Gasteiger partial charge is 0.348 e. The second-order valence-electron chi connectivity index (χ2n) is 5.06. The van der Waals surface area contributed by atoms with Crippen LogP contribution in [0, 0.1) is 6.92 Å². The molecule has 0 fully saturated rings. The fourth-order valence-electron chi connectivity index (χ4n) is 1.98. The number of nitrogens with zero attached hydrogens (tertiary/aromatic N) is 4. The van der Waals surface area contributed by atoms with Crippen molar-refractivity contribution in [1.82, 2.24) is 25.4 Å². The molecule has 3 N–H and O–H groups in total.